The first-order valence-electron chi connectivity index (χ1n) is 7.78. The van der Waals surface area contributed by atoms with Crippen LogP contribution in [0.15, 0.2) is 42.7 Å². The van der Waals surface area contributed by atoms with Crippen LogP contribution in [-0.4, -0.2) is 22.9 Å². The summed E-state index contributed by atoms with van der Waals surface area (Å²) in [6, 6.07) is 10.3. The lowest BCUT2D eigenvalue weighted by Crippen LogP contribution is -2.25. The minimum Gasteiger partial charge on any atom is -0.481 e. The molecule has 4 heteroatoms. The maximum atomic E-state index is 6.13. The number of hydrogen-bond donors (Lipinski definition) is 1. The number of rotatable bonds is 9. The summed E-state index contributed by atoms with van der Waals surface area (Å²) in [7, 11) is 0. The summed E-state index contributed by atoms with van der Waals surface area (Å²) in [5, 5.41) is 7.75. The van der Waals surface area contributed by atoms with Gasteiger partial charge in [0.15, 0.2) is 5.75 Å². The van der Waals surface area contributed by atoms with Crippen LogP contribution in [0.2, 0.25) is 0 Å². The minimum atomic E-state index is 0.0111. The van der Waals surface area contributed by atoms with Gasteiger partial charge in [-0.2, -0.15) is 5.10 Å². The van der Waals surface area contributed by atoms with Gasteiger partial charge in [0.1, 0.15) is 6.10 Å². The van der Waals surface area contributed by atoms with E-state index < -0.39 is 0 Å². The molecule has 1 aromatic heterocycles. The molecule has 0 aliphatic carbocycles. The molecule has 21 heavy (non-hydrogen) atoms. The highest BCUT2D eigenvalue weighted by atomic mass is 16.5. The van der Waals surface area contributed by atoms with E-state index in [1.54, 1.807) is 6.20 Å². The molecule has 0 saturated carbocycles. The summed E-state index contributed by atoms with van der Waals surface area (Å²) in [5.41, 5.74) is 1.18. The Morgan fingerprint density at radius 3 is 2.71 bits per heavy atom. The van der Waals surface area contributed by atoms with E-state index in [0.717, 1.165) is 38.2 Å². The second-order valence-electron chi connectivity index (χ2n) is 5.16. The number of nitrogens with zero attached hydrogens (tertiary/aromatic N) is 2. The average molecular weight is 287 g/mol. The fourth-order valence-corrected chi connectivity index (χ4v) is 2.23. The predicted octanol–water partition coefficient (Wildman–Crippen LogP) is 3.41. The van der Waals surface area contributed by atoms with Gasteiger partial charge in [0, 0.05) is 13.1 Å². The molecule has 0 aliphatic rings. The predicted molar refractivity (Wildman–Crippen MR) is 85.5 cm³/mol. The van der Waals surface area contributed by atoms with E-state index in [1.807, 2.05) is 29.1 Å². The molecule has 0 aliphatic heterocycles. The molecule has 2 rings (SSSR count). The van der Waals surface area contributed by atoms with Gasteiger partial charge >= 0.3 is 0 Å². The van der Waals surface area contributed by atoms with Crippen LogP contribution in [0.5, 0.6) is 5.75 Å². The van der Waals surface area contributed by atoms with Crippen LogP contribution in [0.4, 0.5) is 0 Å². The molecule has 1 heterocycles. The van der Waals surface area contributed by atoms with Crippen molar-refractivity contribution < 1.29 is 4.74 Å². The molecule has 1 unspecified atom stereocenters. The largest absolute Gasteiger partial charge is 0.481 e. The minimum absolute atomic E-state index is 0.0111. The Morgan fingerprint density at radius 1 is 1.19 bits per heavy atom. The lowest BCUT2D eigenvalue weighted by molar-refractivity contribution is 0.201. The molecule has 0 fully saturated rings. The Labute approximate surface area is 127 Å². The van der Waals surface area contributed by atoms with Crippen LogP contribution < -0.4 is 10.1 Å². The smallest absolute Gasteiger partial charge is 0.158 e. The SMILES string of the molecule is CCCNCC(Oc1cnn(CCC)c1)c1ccccc1. The summed E-state index contributed by atoms with van der Waals surface area (Å²) in [5.74, 6) is 0.829. The molecule has 0 bridgehead atoms. The molecule has 0 spiro atoms. The Balaban J connectivity index is 2.03. The van der Waals surface area contributed by atoms with E-state index in [9.17, 15) is 0 Å². The van der Waals surface area contributed by atoms with Crippen molar-refractivity contribution in [2.24, 2.45) is 0 Å². The van der Waals surface area contributed by atoms with Gasteiger partial charge < -0.3 is 10.1 Å². The zero-order valence-corrected chi connectivity index (χ0v) is 13.0. The van der Waals surface area contributed by atoms with E-state index in [1.165, 1.54) is 5.56 Å². The van der Waals surface area contributed by atoms with E-state index in [2.05, 4.69) is 36.4 Å². The van der Waals surface area contributed by atoms with Gasteiger partial charge in [-0.25, -0.2) is 0 Å². The standard InChI is InChI=1S/C17H25N3O/c1-3-10-18-13-17(15-8-6-5-7-9-15)21-16-12-19-20(14-16)11-4-2/h5-9,12,14,17-18H,3-4,10-11,13H2,1-2H3. The van der Waals surface area contributed by atoms with Crippen LogP contribution in [-0.2, 0) is 6.54 Å². The van der Waals surface area contributed by atoms with Crippen molar-refractivity contribution in [3.63, 3.8) is 0 Å². The molecule has 0 saturated heterocycles. The topological polar surface area (TPSA) is 39.1 Å². The quantitative estimate of drug-likeness (QED) is 0.718. The van der Waals surface area contributed by atoms with Gasteiger partial charge in [0.05, 0.1) is 12.4 Å². The number of ether oxygens (including phenoxy) is 1. The molecule has 114 valence electrons. The molecule has 2 aromatic rings. The molecule has 0 amide bonds. The zero-order valence-electron chi connectivity index (χ0n) is 13.0. The van der Waals surface area contributed by atoms with Gasteiger partial charge in [0.25, 0.3) is 0 Å². The molecule has 1 aromatic carbocycles. The van der Waals surface area contributed by atoms with Crippen molar-refractivity contribution in [1.29, 1.82) is 0 Å². The highest BCUT2D eigenvalue weighted by molar-refractivity contribution is 5.21. The Bertz CT molecular complexity index is 510. The Kier molecular flexibility index (Phi) is 6.28. The number of aromatic nitrogens is 2. The maximum Gasteiger partial charge on any atom is 0.158 e. The number of hydrogen-bond acceptors (Lipinski definition) is 3. The Morgan fingerprint density at radius 2 is 2.00 bits per heavy atom. The Hall–Kier alpha value is -1.81. The average Bonchev–Trinajstić information content (AvgIpc) is 2.95. The van der Waals surface area contributed by atoms with Crippen molar-refractivity contribution in [2.75, 3.05) is 13.1 Å². The van der Waals surface area contributed by atoms with E-state index in [4.69, 9.17) is 4.74 Å². The molecular weight excluding hydrogens is 262 g/mol. The second-order valence-corrected chi connectivity index (χ2v) is 5.16. The van der Waals surface area contributed by atoms with E-state index in [-0.39, 0.29) is 6.10 Å². The van der Waals surface area contributed by atoms with Gasteiger partial charge in [-0.1, -0.05) is 44.2 Å². The third-order valence-electron chi connectivity index (χ3n) is 3.27. The van der Waals surface area contributed by atoms with Gasteiger partial charge in [-0.15, -0.1) is 0 Å². The number of benzene rings is 1. The number of nitrogens with one attached hydrogen (secondary N) is 1. The zero-order chi connectivity index (χ0) is 14.9. The normalized spacial score (nSPS) is 12.3. The maximum absolute atomic E-state index is 6.13. The van der Waals surface area contributed by atoms with E-state index in [0.29, 0.717) is 0 Å². The fraction of sp³-hybridized carbons (Fsp3) is 0.471. The fourth-order valence-electron chi connectivity index (χ4n) is 2.23. The van der Waals surface area contributed by atoms with Gasteiger partial charge in [-0.05, 0) is 24.9 Å². The molecule has 1 N–H and O–H groups in total. The summed E-state index contributed by atoms with van der Waals surface area (Å²) < 4.78 is 8.06. The highest BCUT2D eigenvalue weighted by Gasteiger charge is 2.13. The molecular formula is C17H25N3O. The third kappa shape index (κ3) is 4.90. The molecule has 4 nitrogen and oxygen atoms in total. The second kappa shape index (κ2) is 8.47. The van der Waals surface area contributed by atoms with Gasteiger partial charge in [0.2, 0.25) is 0 Å². The van der Waals surface area contributed by atoms with Crippen LogP contribution in [0, 0.1) is 0 Å². The van der Waals surface area contributed by atoms with Crippen molar-refractivity contribution in [2.45, 2.75) is 39.3 Å². The van der Waals surface area contributed by atoms with Crippen molar-refractivity contribution in [1.82, 2.24) is 15.1 Å². The van der Waals surface area contributed by atoms with Crippen molar-refractivity contribution >= 4 is 0 Å². The first-order valence-corrected chi connectivity index (χ1v) is 7.78. The highest BCUT2D eigenvalue weighted by Crippen LogP contribution is 2.21. The van der Waals surface area contributed by atoms with Crippen molar-refractivity contribution in [3.8, 4) is 5.75 Å². The van der Waals surface area contributed by atoms with Crippen LogP contribution in [0.1, 0.15) is 38.4 Å². The number of aryl methyl sites for hydroxylation is 1. The lowest BCUT2D eigenvalue weighted by atomic mass is 10.1. The van der Waals surface area contributed by atoms with E-state index >= 15 is 0 Å². The van der Waals surface area contributed by atoms with Gasteiger partial charge in [-0.3, -0.25) is 4.68 Å². The van der Waals surface area contributed by atoms with Crippen LogP contribution in [0.25, 0.3) is 0 Å². The first kappa shape index (κ1) is 15.6. The molecule has 0 radical (unpaired) electrons. The first-order chi connectivity index (χ1) is 10.3. The van der Waals surface area contributed by atoms with Crippen LogP contribution >= 0.6 is 0 Å². The molecule has 1 atom stereocenters. The monoisotopic (exact) mass is 287 g/mol. The summed E-state index contributed by atoms with van der Waals surface area (Å²) in [4.78, 5) is 0. The van der Waals surface area contributed by atoms with Crippen LogP contribution in [0.3, 0.4) is 0 Å². The third-order valence-corrected chi connectivity index (χ3v) is 3.27. The van der Waals surface area contributed by atoms with Crippen molar-refractivity contribution in [3.05, 3.63) is 48.3 Å². The summed E-state index contributed by atoms with van der Waals surface area (Å²) >= 11 is 0. The summed E-state index contributed by atoms with van der Waals surface area (Å²) in [6.45, 7) is 7.04. The lowest BCUT2D eigenvalue weighted by Gasteiger charge is -2.19. The summed E-state index contributed by atoms with van der Waals surface area (Å²) in [6.07, 6.45) is 5.97.